The molecule has 2 rings (SSSR count). The van der Waals surface area contributed by atoms with Crippen LogP contribution in [0, 0.1) is 0 Å². The molecule has 0 aromatic carbocycles. The molecule has 1 aliphatic rings. The molecule has 0 bridgehead atoms. The lowest BCUT2D eigenvalue weighted by Crippen LogP contribution is -2.37. The first-order chi connectivity index (χ1) is 7.68. The van der Waals surface area contributed by atoms with Crippen LogP contribution in [-0.4, -0.2) is 27.2 Å². The summed E-state index contributed by atoms with van der Waals surface area (Å²) < 4.78 is 0.382. The van der Waals surface area contributed by atoms with Crippen molar-refractivity contribution in [3.63, 3.8) is 0 Å². The molecular weight excluding hydrogens is 274 g/mol. The first kappa shape index (κ1) is 11.6. The van der Waals surface area contributed by atoms with E-state index in [9.17, 15) is 9.90 Å². The fourth-order valence-electron chi connectivity index (χ4n) is 1.94. The standard InChI is InChI=1S/C10H14BrN3O2/c11-8-9(12-5-13-10(8)16)14-6-3-1-2-4-7(6)15/h5-7,15H,1-4H2,(H2,12,13,14,16). The Morgan fingerprint density at radius 3 is 3.00 bits per heavy atom. The molecule has 1 aromatic heterocycles. The van der Waals surface area contributed by atoms with E-state index in [2.05, 4.69) is 31.2 Å². The molecule has 0 radical (unpaired) electrons. The number of rotatable bonds is 2. The highest BCUT2D eigenvalue weighted by molar-refractivity contribution is 9.10. The Balaban J connectivity index is 2.14. The highest BCUT2D eigenvalue weighted by Crippen LogP contribution is 2.23. The molecule has 1 fully saturated rings. The van der Waals surface area contributed by atoms with E-state index in [4.69, 9.17) is 0 Å². The number of H-pyrrole nitrogens is 1. The van der Waals surface area contributed by atoms with E-state index in [1.807, 2.05) is 0 Å². The van der Waals surface area contributed by atoms with E-state index >= 15 is 0 Å². The minimum Gasteiger partial charge on any atom is -0.391 e. The van der Waals surface area contributed by atoms with Crippen molar-refractivity contribution in [2.24, 2.45) is 0 Å². The number of aliphatic hydroxyl groups excluding tert-OH is 1. The van der Waals surface area contributed by atoms with E-state index in [1.54, 1.807) is 0 Å². The number of halogens is 1. The smallest absolute Gasteiger partial charge is 0.267 e. The summed E-state index contributed by atoms with van der Waals surface area (Å²) in [6.45, 7) is 0. The van der Waals surface area contributed by atoms with Gasteiger partial charge in [-0.15, -0.1) is 0 Å². The van der Waals surface area contributed by atoms with Gasteiger partial charge in [0.1, 0.15) is 10.3 Å². The van der Waals surface area contributed by atoms with Gasteiger partial charge in [-0.05, 0) is 28.8 Å². The average molecular weight is 288 g/mol. The third kappa shape index (κ3) is 2.44. The second-order valence-electron chi connectivity index (χ2n) is 4.00. The van der Waals surface area contributed by atoms with E-state index in [1.165, 1.54) is 6.33 Å². The summed E-state index contributed by atoms with van der Waals surface area (Å²) in [7, 11) is 0. The summed E-state index contributed by atoms with van der Waals surface area (Å²) >= 11 is 3.18. The van der Waals surface area contributed by atoms with Crippen LogP contribution in [0.5, 0.6) is 0 Å². The topological polar surface area (TPSA) is 78.0 Å². The van der Waals surface area contributed by atoms with Gasteiger partial charge in [-0.25, -0.2) is 4.98 Å². The maximum absolute atomic E-state index is 11.3. The van der Waals surface area contributed by atoms with Crippen molar-refractivity contribution in [2.45, 2.75) is 37.8 Å². The predicted molar refractivity (Wildman–Crippen MR) is 64.4 cm³/mol. The number of aromatic amines is 1. The fraction of sp³-hybridized carbons (Fsp3) is 0.600. The largest absolute Gasteiger partial charge is 0.391 e. The Hall–Kier alpha value is -0.880. The predicted octanol–water partition coefficient (Wildman–Crippen LogP) is 1.25. The minimum absolute atomic E-state index is 0.0145. The lowest BCUT2D eigenvalue weighted by Gasteiger charge is -2.28. The van der Waals surface area contributed by atoms with E-state index in [-0.39, 0.29) is 17.7 Å². The van der Waals surface area contributed by atoms with Gasteiger partial charge in [-0.3, -0.25) is 4.79 Å². The maximum atomic E-state index is 11.3. The highest BCUT2D eigenvalue weighted by atomic mass is 79.9. The molecular formula is C10H14BrN3O2. The molecule has 1 heterocycles. The van der Waals surface area contributed by atoms with E-state index in [0.29, 0.717) is 10.3 Å². The Morgan fingerprint density at radius 2 is 2.25 bits per heavy atom. The Labute approximate surface area is 101 Å². The Bertz CT molecular complexity index is 421. The lowest BCUT2D eigenvalue weighted by molar-refractivity contribution is 0.116. The van der Waals surface area contributed by atoms with Crippen LogP contribution in [0.4, 0.5) is 5.82 Å². The van der Waals surface area contributed by atoms with E-state index < -0.39 is 0 Å². The number of nitrogens with one attached hydrogen (secondary N) is 2. The summed E-state index contributed by atoms with van der Waals surface area (Å²) in [5.74, 6) is 0.495. The number of hydrogen-bond donors (Lipinski definition) is 3. The first-order valence-electron chi connectivity index (χ1n) is 5.36. The highest BCUT2D eigenvalue weighted by Gasteiger charge is 2.23. The first-order valence-corrected chi connectivity index (χ1v) is 6.15. The van der Waals surface area contributed by atoms with Gasteiger partial charge in [0.05, 0.1) is 18.5 Å². The Morgan fingerprint density at radius 1 is 1.50 bits per heavy atom. The zero-order valence-electron chi connectivity index (χ0n) is 8.74. The van der Waals surface area contributed by atoms with Crippen LogP contribution < -0.4 is 10.9 Å². The minimum atomic E-state index is -0.360. The van der Waals surface area contributed by atoms with Crippen molar-refractivity contribution in [2.75, 3.05) is 5.32 Å². The fourth-order valence-corrected chi connectivity index (χ4v) is 2.27. The van der Waals surface area contributed by atoms with Crippen LogP contribution >= 0.6 is 15.9 Å². The van der Waals surface area contributed by atoms with Crippen molar-refractivity contribution in [3.05, 3.63) is 21.2 Å². The van der Waals surface area contributed by atoms with Crippen LogP contribution in [0.25, 0.3) is 0 Å². The van der Waals surface area contributed by atoms with Gasteiger partial charge in [-0.1, -0.05) is 12.8 Å². The number of aromatic nitrogens is 2. The quantitative estimate of drug-likeness (QED) is 0.765. The number of anilines is 1. The van der Waals surface area contributed by atoms with Crippen LogP contribution in [-0.2, 0) is 0 Å². The van der Waals surface area contributed by atoms with Gasteiger partial charge in [-0.2, -0.15) is 0 Å². The Kier molecular flexibility index (Phi) is 3.60. The molecule has 2 atom stereocenters. The van der Waals surface area contributed by atoms with Crippen molar-refractivity contribution < 1.29 is 5.11 Å². The molecule has 1 aliphatic carbocycles. The van der Waals surface area contributed by atoms with Gasteiger partial charge in [0.25, 0.3) is 5.56 Å². The summed E-state index contributed by atoms with van der Waals surface area (Å²) in [6, 6.07) is -0.0145. The molecule has 6 heteroatoms. The molecule has 5 nitrogen and oxygen atoms in total. The zero-order chi connectivity index (χ0) is 11.5. The monoisotopic (exact) mass is 287 g/mol. The normalized spacial score (nSPS) is 25.4. The number of hydrogen-bond acceptors (Lipinski definition) is 4. The second-order valence-corrected chi connectivity index (χ2v) is 4.79. The third-order valence-corrected chi connectivity index (χ3v) is 3.58. The number of aliphatic hydroxyl groups is 1. The van der Waals surface area contributed by atoms with E-state index in [0.717, 1.165) is 25.7 Å². The van der Waals surface area contributed by atoms with Gasteiger partial charge in [0.15, 0.2) is 0 Å². The molecule has 0 spiro atoms. The molecule has 2 unspecified atom stereocenters. The molecule has 16 heavy (non-hydrogen) atoms. The number of nitrogens with zero attached hydrogens (tertiary/aromatic N) is 1. The molecule has 3 N–H and O–H groups in total. The zero-order valence-corrected chi connectivity index (χ0v) is 10.3. The van der Waals surface area contributed by atoms with Crippen molar-refractivity contribution in [1.82, 2.24) is 9.97 Å². The second kappa shape index (κ2) is 4.97. The molecule has 0 aliphatic heterocycles. The summed E-state index contributed by atoms with van der Waals surface area (Å²) in [6.07, 6.45) is 4.85. The molecule has 0 amide bonds. The lowest BCUT2D eigenvalue weighted by atomic mass is 9.93. The van der Waals surface area contributed by atoms with Crippen molar-refractivity contribution in [1.29, 1.82) is 0 Å². The molecule has 1 saturated carbocycles. The molecule has 88 valence electrons. The van der Waals surface area contributed by atoms with Gasteiger partial charge >= 0.3 is 0 Å². The molecule has 1 aromatic rings. The van der Waals surface area contributed by atoms with Crippen LogP contribution in [0.1, 0.15) is 25.7 Å². The molecule has 0 saturated heterocycles. The average Bonchev–Trinajstić information content (AvgIpc) is 2.28. The SMILES string of the molecule is O=c1[nH]cnc(NC2CCCCC2O)c1Br. The summed E-state index contributed by atoms with van der Waals surface area (Å²) in [5.41, 5.74) is -0.220. The van der Waals surface area contributed by atoms with Crippen LogP contribution in [0.15, 0.2) is 15.6 Å². The van der Waals surface area contributed by atoms with Crippen molar-refractivity contribution in [3.8, 4) is 0 Å². The van der Waals surface area contributed by atoms with Gasteiger partial charge < -0.3 is 15.4 Å². The third-order valence-electron chi connectivity index (χ3n) is 2.85. The summed E-state index contributed by atoms with van der Waals surface area (Å²) in [4.78, 5) is 17.8. The van der Waals surface area contributed by atoms with Crippen LogP contribution in [0.2, 0.25) is 0 Å². The van der Waals surface area contributed by atoms with Crippen molar-refractivity contribution >= 4 is 21.7 Å². The summed E-state index contributed by atoms with van der Waals surface area (Å²) in [5, 5.41) is 12.9. The van der Waals surface area contributed by atoms with Gasteiger partial charge in [0, 0.05) is 0 Å². The van der Waals surface area contributed by atoms with Crippen LogP contribution in [0.3, 0.4) is 0 Å². The van der Waals surface area contributed by atoms with Gasteiger partial charge in [0.2, 0.25) is 0 Å². The maximum Gasteiger partial charge on any atom is 0.267 e.